The van der Waals surface area contributed by atoms with Crippen molar-refractivity contribution in [2.75, 3.05) is 6.61 Å². The Balaban J connectivity index is 0.000000128. The molecule has 0 aromatic carbocycles. The normalized spacial score (nSPS) is 47.7. The first kappa shape index (κ1) is 73.2. The third-order valence-electron chi connectivity index (χ3n) is 33.9. The topological polar surface area (TPSA) is 249 Å². The van der Waals surface area contributed by atoms with Crippen LogP contribution in [0, 0.1) is 155 Å². The number of aromatic amines is 1. The van der Waals surface area contributed by atoms with E-state index in [1.165, 1.54) is 147 Å². The molecule has 12 saturated carbocycles. The Morgan fingerprint density at radius 1 is 0.475 bits per heavy atom. The van der Waals surface area contributed by atoms with Crippen molar-refractivity contribution >= 4 is 0 Å². The molecule has 0 spiro atoms. The molecule has 1 saturated heterocycles. The van der Waals surface area contributed by atoms with E-state index in [1.54, 1.807) is 40.3 Å². The van der Waals surface area contributed by atoms with Gasteiger partial charge >= 0.3 is 0 Å². The van der Waals surface area contributed by atoms with Gasteiger partial charge in [0.15, 0.2) is 0 Å². The number of ether oxygens (including phenoxy) is 1. The highest BCUT2D eigenvalue weighted by Gasteiger charge is 2.69. The number of nitrogens with one attached hydrogen (secondary N) is 1. The quantitative estimate of drug-likeness (QED) is 0.104. The van der Waals surface area contributed by atoms with Gasteiger partial charge in [0.2, 0.25) is 0 Å². The van der Waals surface area contributed by atoms with Gasteiger partial charge in [-0.1, -0.05) is 41.5 Å². The maximum atomic E-state index is 11.7. The maximum absolute atomic E-state index is 11.7. The summed E-state index contributed by atoms with van der Waals surface area (Å²) < 4.78 is 9.46. The van der Waals surface area contributed by atoms with Crippen LogP contribution in [0.5, 0.6) is 0 Å². The number of hydrogen-bond acceptors (Lipinski definition) is 12. The van der Waals surface area contributed by atoms with Gasteiger partial charge in [-0.2, -0.15) is 31.1 Å². The fourth-order valence-electron chi connectivity index (χ4n) is 29.4. The highest BCUT2D eigenvalue weighted by Crippen LogP contribution is 2.74. The van der Waals surface area contributed by atoms with Gasteiger partial charge in [-0.05, 0) is 355 Å². The minimum Gasteiger partial charge on any atom is -0.390 e. The standard InChI is InChI=1S/2C28H43N3O2.C24H40O2.C4H3N3/c2*1-5-28-13-12-25(2,32)14-20(28)6-7-21-22-8-9-24(26(22,3)11-10-23(21)28)27(4,33)18-31-17-19(15-29)16-30-31;1-5-24-13-12-21(2,25)14-16(24)6-7-17-18-8-9-20(23(4)15-26-23)22(18,3)11-10-19(17)24;5-1-4-2-6-7-3-4/h2*16-17,20-24,32-33H,5-14,18H2,1-4H3;16-20,25H,5-15H2,1-4H3;2-3H,(H,6,7)/t20-,21+,22+,23+,24+,25-,26+,27+,28+;20-,21+,22+,23+,24+,25-,26+,27-,28+;16-,17+,18+,19+,20+,21-,22+,23?,24+;/m111./s1. The maximum Gasteiger partial charge on any atom is 0.102 e. The number of epoxide rings is 1. The van der Waals surface area contributed by atoms with Gasteiger partial charge in [0, 0.05) is 18.6 Å². The summed E-state index contributed by atoms with van der Waals surface area (Å²) in [5.41, 5.74) is 1.05. The lowest BCUT2D eigenvalue weighted by molar-refractivity contribution is -0.166. The van der Waals surface area contributed by atoms with Gasteiger partial charge in [-0.15, -0.1) is 0 Å². The average molecular weight is 1360 g/mol. The molecule has 1 aliphatic heterocycles. The Labute approximate surface area is 595 Å². The predicted octanol–water partition coefficient (Wildman–Crippen LogP) is 16.5. The zero-order valence-electron chi connectivity index (χ0n) is 63.2. The largest absolute Gasteiger partial charge is 0.390 e. The van der Waals surface area contributed by atoms with Crippen LogP contribution in [0.3, 0.4) is 0 Å². The molecule has 15 nitrogen and oxygen atoms in total. The van der Waals surface area contributed by atoms with E-state index in [1.807, 2.05) is 19.9 Å². The van der Waals surface area contributed by atoms with Crippen molar-refractivity contribution in [1.29, 1.82) is 15.8 Å². The summed E-state index contributed by atoms with van der Waals surface area (Å²) in [5.74, 6) is 10.7. The van der Waals surface area contributed by atoms with Crippen molar-refractivity contribution in [2.45, 2.75) is 322 Å². The summed E-state index contributed by atoms with van der Waals surface area (Å²) in [7, 11) is 0. The Bertz CT molecular complexity index is 3300. The number of nitrogens with zero attached hydrogens (tertiary/aromatic N) is 8. The number of aromatic nitrogens is 6. The van der Waals surface area contributed by atoms with E-state index in [0.717, 1.165) is 111 Å². The molecule has 4 heterocycles. The summed E-state index contributed by atoms with van der Waals surface area (Å²) in [6.07, 6.45) is 46.4. The minimum absolute atomic E-state index is 0.164. The van der Waals surface area contributed by atoms with Gasteiger partial charge in [0.05, 0.1) is 88.6 Å². The first-order valence-corrected chi connectivity index (χ1v) is 40.3. The van der Waals surface area contributed by atoms with Gasteiger partial charge < -0.3 is 30.3 Å². The van der Waals surface area contributed by atoms with Crippen LogP contribution in [0.1, 0.15) is 292 Å². The third kappa shape index (κ3) is 12.8. The summed E-state index contributed by atoms with van der Waals surface area (Å²) >= 11 is 0. The van der Waals surface area contributed by atoms with Crippen molar-refractivity contribution in [3.05, 3.63) is 53.9 Å². The Morgan fingerprint density at radius 3 is 1.16 bits per heavy atom. The van der Waals surface area contributed by atoms with Crippen molar-refractivity contribution in [3.63, 3.8) is 0 Å². The van der Waals surface area contributed by atoms with E-state index >= 15 is 0 Å². The molecule has 0 amide bonds. The van der Waals surface area contributed by atoms with Crippen molar-refractivity contribution in [1.82, 2.24) is 29.8 Å². The molecule has 3 aromatic heterocycles. The summed E-state index contributed by atoms with van der Waals surface area (Å²) in [6, 6.07) is 6.20. The highest BCUT2D eigenvalue weighted by atomic mass is 16.6. The molecular formula is C84H129N9O6. The SMILES string of the molecule is CC[C@]12CC[C@@](C)(O)C[C@H]1CC[C@H]1[C@@H]3CC[C@H](C4(C)CO4)[C@@]3(C)CC[C@@H]12.CC[C@]12CC[C@@](C)(O)C[C@H]1CC[C@H]1[C@@H]3CC[C@H]([C@@](C)(O)Cn4cc(C#N)cn4)[C@@]3(C)CC[C@@H]12.CC[C@]12CC[C@@](C)(O)C[C@H]1CC[C@H]1[C@@H]3CC[C@H]([C@](C)(O)Cn4cc(C#N)cn4)[C@@]3(C)CC[C@@H]12.N#Cc1cn[nH]c1. The smallest absolute Gasteiger partial charge is 0.102 e. The Morgan fingerprint density at radius 2 is 0.838 bits per heavy atom. The van der Waals surface area contributed by atoms with Gasteiger partial charge in [-0.3, -0.25) is 14.5 Å². The second-order valence-corrected chi connectivity index (χ2v) is 38.8. The zero-order valence-corrected chi connectivity index (χ0v) is 63.2. The monoisotopic (exact) mass is 1360 g/mol. The molecular weight excluding hydrogens is 1230 g/mol. The number of hydrogen-bond donors (Lipinski definition) is 6. The molecule has 6 N–H and O–H groups in total. The first-order chi connectivity index (χ1) is 46.8. The molecule has 13 fully saturated rings. The molecule has 99 heavy (non-hydrogen) atoms. The fraction of sp³-hybridized carbons (Fsp3) is 0.857. The minimum atomic E-state index is -0.835. The van der Waals surface area contributed by atoms with Crippen LogP contribution >= 0.6 is 0 Å². The summed E-state index contributed by atoms with van der Waals surface area (Å²) in [6.45, 7) is 29.3. The summed E-state index contributed by atoms with van der Waals surface area (Å²) in [4.78, 5) is 0. The lowest BCUT2D eigenvalue weighted by Crippen LogP contribution is -2.57. The molecule has 3 aromatic rings. The van der Waals surface area contributed by atoms with E-state index in [4.69, 9.17) is 20.5 Å². The van der Waals surface area contributed by atoms with Gasteiger partial charge in [0.25, 0.3) is 0 Å². The lowest BCUT2D eigenvalue weighted by Gasteiger charge is -2.63. The molecule has 27 atom stereocenters. The summed E-state index contributed by atoms with van der Waals surface area (Å²) in [5, 5.41) is 96.9. The molecule has 13 aliphatic rings. The van der Waals surface area contributed by atoms with Crippen LogP contribution in [0.2, 0.25) is 0 Å². The van der Waals surface area contributed by atoms with Gasteiger partial charge in [0.1, 0.15) is 18.2 Å². The molecule has 0 radical (unpaired) electrons. The van der Waals surface area contributed by atoms with E-state index in [-0.39, 0.29) is 28.3 Å². The van der Waals surface area contributed by atoms with Crippen molar-refractivity contribution in [2.24, 2.45) is 121 Å². The number of H-pyrrole nitrogens is 1. The Kier molecular flexibility index (Phi) is 19.6. The van der Waals surface area contributed by atoms with Crippen LogP contribution in [-0.2, 0) is 17.8 Å². The highest BCUT2D eigenvalue weighted by molar-refractivity contribution is 5.24. The molecule has 16 rings (SSSR count). The number of aliphatic hydroxyl groups is 5. The van der Waals surface area contributed by atoms with E-state index in [0.29, 0.717) is 75.1 Å². The predicted molar refractivity (Wildman–Crippen MR) is 384 cm³/mol. The zero-order chi connectivity index (χ0) is 70.8. The second-order valence-electron chi connectivity index (χ2n) is 38.8. The van der Waals surface area contributed by atoms with Crippen LogP contribution in [0.25, 0.3) is 0 Å². The van der Waals surface area contributed by atoms with Crippen LogP contribution in [0.4, 0.5) is 0 Å². The third-order valence-corrected chi connectivity index (χ3v) is 33.9. The molecule has 0 bridgehead atoms. The first-order valence-electron chi connectivity index (χ1n) is 40.3. The van der Waals surface area contributed by atoms with Gasteiger partial charge in [-0.25, -0.2) is 0 Å². The van der Waals surface area contributed by atoms with E-state index < -0.39 is 28.0 Å². The number of nitriles is 3. The van der Waals surface area contributed by atoms with Crippen LogP contribution in [-0.4, -0.2) is 95.5 Å². The molecule has 546 valence electrons. The second kappa shape index (κ2) is 26.5. The Hall–Kier alpha value is -4.14. The number of fused-ring (bicyclic) bond motifs is 15. The number of rotatable bonds is 10. The van der Waals surface area contributed by atoms with Crippen LogP contribution < -0.4 is 0 Å². The average Bonchev–Trinajstić information content (AvgIpc) is 1.71. The van der Waals surface area contributed by atoms with E-state index in [9.17, 15) is 25.5 Å². The van der Waals surface area contributed by atoms with Crippen molar-refractivity contribution < 1.29 is 30.3 Å². The molecule has 1 unspecified atom stereocenters. The lowest BCUT2D eigenvalue weighted by atomic mass is 9.42. The van der Waals surface area contributed by atoms with Crippen molar-refractivity contribution in [3.8, 4) is 18.2 Å². The molecule has 12 aliphatic carbocycles. The fourth-order valence-corrected chi connectivity index (χ4v) is 29.4. The van der Waals surface area contributed by atoms with E-state index in [2.05, 4.69) is 102 Å². The van der Waals surface area contributed by atoms with Crippen LogP contribution in [0.15, 0.2) is 37.2 Å². The molecule has 15 heteroatoms.